The van der Waals surface area contributed by atoms with Crippen molar-refractivity contribution in [3.05, 3.63) is 34.9 Å². The second kappa shape index (κ2) is 4.60. The van der Waals surface area contributed by atoms with E-state index in [4.69, 9.17) is 22.1 Å². The molecule has 2 rings (SSSR count). The fourth-order valence-electron chi connectivity index (χ4n) is 2.62. The van der Waals surface area contributed by atoms with Gasteiger partial charge in [-0.25, -0.2) is 0 Å². The molecule has 0 spiro atoms. The normalized spacial score (nSPS) is 18.8. The lowest BCUT2D eigenvalue weighted by Gasteiger charge is -2.53. The number of hydrogen-bond acceptors (Lipinski definition) is 2. The molecule has 1 aliphatic heterocycles. The minimum atomic E-state index is 0.0942. The number of hydrogen-bond donors (Lipinski definition) is 1. The molecule has 1 aromatic carbocycles. The summed E-state index contributed by atoms with van der Waals surface area (Å²) in [5.74, 6) is 0. The van der Waals surface area contributed by atoms with Gasteiger partial charge in [-0.15, -0.1) is 0 Å². The summed E-state index contributed by atoms with van der Waals surface area (Å²) < 4.78 is 5.48. The molecule has 0 amide bonds. The van der Waals surface area contributed by atoms with Crippen LogP contribution < -0.4 is 5.73 Å². The molecule has 2 N–H and O–H groups in total. The highest BCUT2D eigenvalue weighted by Crippen LogP contribution is 2.49. The highest BCUT2D eigenvalue weighted by Gasteiger charge is 2.51. The molecule has 0 radical (unpaired) electrons. The Kier molecular flexibility index (Phi) is 3.48. The summed E-state index contributed by atoms with van der Waals surface area (Å²) in [7, 11) is 0. The summed E-state index contributed by atoms with van der Waals surface area (Å²) in [5.41, 5.74) is 7.28. The number of ether oxygens (including phenoxy) is 1. The third-order valence-corrected chi connectivity index (χ3v) is 4.41. The van der Waals surface area contributed by atoms with Gasteiger partial charge in [0.05, 0.1) is 13.2 Å². The predicted molar refractivity (Wildman–Crippen MR) is 71.4 cm³/mol. The molecule has 1 heterocycles. The molecule has 3 heteroatoms. The van der Waals surface area contributed by atoms with Crippen molar-refractivity contribution >= 4 is 11.6 Å². The van der Waals surface area contributed by atoms with E-state index in [2.05, 4.69) is 26.0 Å². The maximum absolute atomic E-state index is 5.95. The lowest BCUT2D eigenvalue weighted by molar-refractivity contribution is -0.121. The highest BCUT2D eigenvalue weighted by molar-refractivity contribution is 6.30. The smallest absolute Gasteiger partial charge is 0.0590 e. The lowest BCUT2D eigenvalue weighted by Crippen LogP contribution is -2.57. The van der Waals surface area contributed by atoms with E-state index < -0.39 is 0 Å². The SMILES string of the molecule is CC(C)(CCN)C1(c2ccc(Cl)cc2)COC1. The lowest BCUT2D eigenvalue weighted by atomic mass is 9.59. The quantitative estimate of drug-likeness (QED) is 0.895. The Balaban J connectivity index is 2.34. The third-order valence-electron chi connectivity index (χ3n) is 4.16. The third kappa shape index (κ3) is 2.10. The van der Waals surface area contributed by atoms with Crippen molar-refractivity contribution in [2.45, 2.75) is 25.7 Å². The second-order valence-corrected chi connectivity index (χ2v) is 5.94. The summed E-state index contributed by atoms with van der Waals surface area (Å²) in [5, 5.41) is 0.778. The molecule has 2 nitrogen and oxygen atoms in total. The van der Waals surface area contributed by atoms with Crippen molar-refractivity contribution in [2.24, 2.45) is 11.1 Å². The summed E-state index contributed by atoms with van der Waals surface area (Å²) in [6, 6.07) is 8.14. The van der Waals surface area contributed by atoms with Gasteiger partial charge in [-0.1, -0.05) is 37.6 Å². The van der Waals surface area contributed by atoms with Gasteiger partial charge < -0.3 is 10.5 Å². The van der Waals surface area contributed by atoms with E-state index in [9.17, 15) is 0 Å². The highest BCUT2D eigenvalue weighted by atomic mass is 35.5. The van der Waals surface area contributed by atoms with Crippen LogP contribution in [0.15, 0.2) is 24.3 Å². The van der Waals surface area contributed by atoms with Crippen LogP contribution in [0.5, 0.6) is 0 Å². The average Bonchev–Trinajstić information content (AvgIpc) is 2.18. The molecule has 1 aliphatic rings. The first-order valence-corrected chi connectivity index (χ1v) is 6.43. The number of benzene rings is 1. The molecule has 0 bridgehead atoms. The first-order chi connectivity index (χ1) is 8.02. The van der Waals surface area contributed by atoms with Crippen molar-refractivity contribution < 1.29 is 4.74 Å². The topological polar surface area (TPSA) is 35.2 Å². The van der Waals surface area contributed by atoms with Crippen LogP contribution in [0.3, 0.4) is 0 Å². The predicted octanol–water partition coefficient (Wildman–Crippen LogP) is 2.98. The Bertz CT molecular complexity index is 382. The van der Waals surface area contributed by atoms with E-state index in [1.807, 2.05) is 12.1 Å². The number of halogens is 1. The van der Waals surface area contributed by atoms with Crippen LogP contribution in [0, 0.1) is 5.41 Å². The van der Waals surface area contributed by atoms with Crippen molar-refractivity contribution in [3.63, 3.8) is 0 Å². The molecular formula is C14H20ClNO. The van der Waals surface area contributed by atoms with E-state index in [1.54, 1.807) is 0 Å². The largest absolute Gasteiger partial charge is 0.379 e. The van der Waals surface area contributed by atoms with Gasteiger partial charge in [0.1, 0.15) is 0 Å². The standard InChI is InChI=1S/C14H20ClNO/c1-13(2,7-8-16)14(9-17-10-14)11-3-5-12(15)6-4-11/h3-6H,7-10,16H2,1-2H3. The van der Waals surface area contributed by atoms with E-state index in [0.29, 0.717) is 6.54 Å². The molecule has 94 valence electrons. The zero-order valence-electron chi connectivity index (χ0n) is 10.5. The van der Waals surface area contributed by atoms with Crippen LogP contribution in [0.2, 0.25) is 5.02 Å². The van der Waals surface area contributed by atoms with Gasteiger partial charge in [0, 0.05) is 10.4 Å². The van der Waals surface area contributed by atoms with E-state index in [0.717, 1.165) is 24.7 Å². The maximum atomic E-state index is 5.95. The Morgan fingerprint density at radius 3 is 2.29 bits per heavy atom. The minimum absolute atomic E-state index is 0.0942. The molecule has 0 atom stereocenters. The summed E-state index contributed by atoms with van der Waals surface area (Å²) in [6.07, 6.45) is 0.999. The van der Waals surface area contributed by atoms with Gasteiger partial charge >= 0.3 is 0 Å². The van der Waals surface area contributed by atoms with Crippen LogP contribution in [0.4, 0.5) is 0 Å². The summed E-state index contributed by atoms with van der Waals surface area (Å²) >= 11 is 5.95. The van der Waals surface area contributed by atoms with Gasteiger partial charge in [-0.05, 0) is 36.1 Å². The fourth-order valence-corrected chi connectivity index (χ4v) is 2.75. The van der Waals surface area contributed by atoms with Gasteiger partial charge in [0.25, 0.3) is 0 Å². The Hall–Kier alpha value is -0.570. The van der Waals surface area contributed by atoms with E-state index >= 15 is 0 Å². The Morgan fingerprint density at radius 1 is 1.29 bits per heavy atom. The zero-order valence-corrected chi connectivity index (χ0v) is 11.3. The van der Waals surface area contributed by atoms with Crippen LogP contribution in [-0.2, 0) is 10.2 Å². The summed E-state index contributed by atoms with van der Waals surface area (Å²) in [4.78, 5) is 0. The van der Waals surface area contributed by atoms with E-state index in [1.165, 1.54) is 5.56 Å². The summed E-state index contributed by atoms with van der Waals surface area (Å²) in [6.45, 7) is 6.82. The molecule has 0 aromatic heterocycles. The molecule has 17 heavy (non-hydrogen) atoms. The molecule has 0 unspecified atom stereocenters. The van der Waals surface area contributed by atoms with Crippen LogP contribution >= 0.6 is 11.6 Å². The average molecular weight is 254 g/mol. The van der Waals surface area contributed by atoms with Gasteiger partial charge in [0.2, 0.25) is 0 Å². The van der Waals surface area contributed by atoms with Crippen molar-refractivity contribution in [3.8, 4) is 0 Å². The molecule has 1 saturated heterocycles. The maximum Gasteiger partial charge on any atom is 0.0590 e. The van der Waals surface area contributed by atoms with Crippen molar-refractivity contribution in [1.29, 1.82) is 0 Å². The first-order valence-electron chi connectivity index (χ1n) is 6.06. The zero-order chi connectivity index (χ0) is 12.5. The van der Waals surface area contributed by atoms with Gasteiger partial charge in [-0.2, -0.15) is 0 Å². The monoisotopic (exact) mass is 253 g/mol. The van der Waals surface area contributed by atoms with Crippen LogP contribution in [0.1, 0.15) is 25.8 Å². The number of nitrogens with two attached hydrogens (primary N) is 1. The second-order valence-electron chi connectivity index (χ2n) is 5.50. The van der Waals surface area contributed by atoms with Gasteiger partial charge in [0.15, 0.2) is 0 Å². The molecule has 1 fully saturated rings. The van der Waals surface area contributed by atoms with Crippen LogP contribution in [-0.4, -0.2) is 19.8 Å². The van der Waals surface area contributed by atoms with Crippen molar-refractivity contribution in [1.82, 2.24) is 0 Å². The molecule has 1 aromatic rings. The fraction of sp³-hybridized carbons (Fsp3) is 0.571. The number of rotatable bonds is 4. The molecule has 0 saturated carbocycles. The molecular weight excluding hydrogens is 234 g/mol. The van der Waals surface area contributed by atoms with E-state index in [-0.39, 0.29) is 10.8 Å². The first kappa shape index (κ1) is 12.9. The Labute approximate surface area is 108 Å². The molecule has 0 aliphatic carbocycles. The Morgan fingerprint density at radius 2 is 1.88 bits per heavy atom. The van der Waals surface area contributed by atoms with Crippen molar-refractivity contribution in [2.75, 3.05) is 19.8 Å². The van der Waals surface area contributed by atoms with Crippen LogP contribution in [0.25, 0.3) is 0 Å². The van der Waals surface area contributed by atoms with Gasteiger partial charge in [-0.3, -0.25) is 0 Å². The minimum Gasteiger partial charge on any atom is -0.379 e.